The lowest BCUT2D eigenvalue weighted by atomic mass is 9.94. The zero-order valence-corrected chi connectivity index (χ0v) is 9.01. The molecule has 16 heavy (non-hydrogen) atoms. The lowest BCUT2D eigenvalue weighted by molar-refractivity contribution is 0.680. The second-order valence-electron chi connectivity index (χ2n) is 4.29. The number of H-pyrrole nitrogens is 1. The van der Waals surface area contributed by atoms with Gasteiger partial charge in [-0.3, -0.25) is 5.41 Å². The molecule has 2 heterocycles. The highest BCUT2D eigenvalue weighted by Crippen LogP contribution is 2.30. The van der Waals surface area contributed by atoms with Crippen LogP contribution in [0.5, 0.6) is 0 Å². The highest BCUT2D eigenvalue weighted by Gasteiger charge is 2.18. The third kappa shape index (κ3) is 1.23. The SMILES string of the molecule is N=C(N)c1ccnc2[nH]c3c(c12)CCCC3. The van der Waals surface area contributed by atoms with Gasteiger partial charge in [0.2, 0.25) is 0 Å². The van der Waals surface area contributed by atoms with Crippen molar-refractivity contribution in [1.29, 1.82) is 5.41 Å². The monoisotopic (exact) mass is 214 g/mol. The minimum Gasteiger partial charge on any atom is -0.384 e. The van der Waals surface area contributed by atoms with Crippen LogP contribution in [-0.2, 0) is 12.8 Å². The van der Waals surface area contributed by atoms with Crippen molar-refractivity contribution < 1.29 is 0 Å². The van der Waals surface area contributed by atoms with Gasteiger partial charge >= 0.3 is 0 Å². The van der Waals surface area contributed by atoms with Gasteiger partial charge in [0.1, 0.15) is 11.5 Å². The zero-order chi connectivity index (χ0) is 11.1. The molecule has 82 valence electrons. The molecule has 4 N–H and O–H groups in total. The smallest absolute Gasteiger partial charge is 0.138 e. The first-order chi connectivity index (χ1) is 7.77. The molecule has 0 unspecified atom stereocenters. The van der Waals surface area contributed by atoms with E-state index in [1.54, 1.807) is 6.20 Å². The molecule has 0 bridgehead atoms. The van der Waals surface area contributed by atoms with E-state index in [0.717, 1.165) is 29.4 Å². The van der Waals surface area contributed by atoms with E-state index in [4.69, 9.17) is 11.1 Å². The lowest BCUT2D eigenvalue weighted by Gasteiger charge is -2.11. The summed E-state index contributed by atoms with van der Waals surface area (Å²) in [5.41, 5.74) is 9.90. The van der Waals surface area contributed by atoms with Crippen LogP contribution < -0.4 is 5.73 Å². The molecule has 1 aliphatic rings. The van der Waals surface area contributed by atoms with E-state index in [1.165, 1.54) is 24.1 Å². The van der Waals surface area contributed by atoms with Crippen molar-refractivity contribution in [3.05, 3.63) is 29.1 Å². The summed E-state index contributed by atoms with van der Waals surface area (Å²) >= 11 is 0. The molecule has 2 aromatic heterocycles. The van der Waals surface area contributed by atoms with Crippen molar-refractivity contribution in [3.8, 4) is 0 Å². The van der Waals surface area contributed by atoms with Gasteiger partial charge in [-0.15, -0.1) is 0 Å². The maximum Gasteiger partial charge on any atom is 0.138 e. The molecular weight excluding hydrogens is 200 g/mol. The summed E-state index contributed by atoms with van der Waals surface area (Å²) < 4.78 is 0. The van der Waals surface area contributed by atoms with Crippen molar-refractivity contribution in [2.24, 2.45) is 5.73 Å². The van der Waals surface area contributed by atoms with Gasteiger partial charge in [0.25, 0.3) is 0 Å². The normalized spacial score (nSPS) is 15.0. The summed E-state index contributed by atoms with van der Waals surface area (Å²) in [6, 6.07) is 1.83. The molecule has 4 nitrogen and oxygen atoms in total. The number of aromatic nitrogens is 2. The molecule has 2 aromatic rings. The van der Waals surface area contributed by atoms with Crippen molar-refractivity contribution in [3.63, 3.8) is 0 Å². The highest BCUT2D eigenvalue weighted by molar-refractivity contribution is 6.07. The molecule has 0 radical (unpaired) electrons. The summed E-state index contributed by atoms with van der Waals surface area (Å²) in [4.78, 5) is 7.67. The number of rotatable bonds is 1. The number of pyridine rings is 1. The van der Waals surface area contributed by atoms with Crippen LogP contribution in [0.1, 0.15) is 29.7 Å². The Morgan fingerprint density at radius 1 is 1.38 bits per heavy atom. The van der Waals surface area contributed by atoms with Crippen LogP contribution >= 0.6 is 0 Å². The summed E-state index contributed by atoms with van der Waals surface area (Å²) in [6.45, 7) is 0. The zero-order valence-electron chi connectivity index (χ0n) is 9.01. The van der Waals surface area contributed by atoms with Crippen molar-refractivity contribution in [1.82, 2.24) is 9.97 Å². The molecule has 0 aromatic carbocycles. The molecule has 0 amide bonds. The average molecular weight is 214 g/mol. The van der Waals surface area contributed by atoms with E-state index in [9.17, 15) is 0 Å². The number of nitrogens with two attached hydrogens (primary N) is 1. The number of aromatic amines is 1. The molecular formula is C12H14N4. The molecule has 0 fully saturated rings. The number of amidine groups is 1. The number of aryl methyl sites for hydroxylation is 2. The summed E-state index contributed by atoms with van der Waals surface area (Å²) in [6.07, 6.45) is 6.31. The average Bonchev–Trinajstić information content (AvgIpc) is 2.66. The fourth-order valence-electron chi connectivity index (χ4n) is 2.55. The Morgan fingerprint density at radius 3 is 3.00 bits per heavy atom. The Balaban J connectivity index is 2.36. The van der Waals surface area contributed by atoms with Crippen LogP contribution in [0.25, 0.3) is 11.0 Å². The standard InChI is InChI=1S/C12H14N4/c13-11(14)8-5-6-15-12-10(8)7-3-1-2-4-9(7)16-12/h5-6H,1-4H2,(H3,13,14)(H,15,16). The third-order valence-corrected chi connectivity index (χ3v) is 3.28. The van der Waals surface area contributed by atoms with Crippen molar-refractivity contribution in [2.45, 2.75) is 25.7 Å². The minimum atomic E-state index is 0.125. The minimum absolute atomic E-state index is 0.125. The fraction of sp³-hybridized carbons (Fsp3) is 0.333. The Morgan fingerprint density at radius 2 is 2.19 bits per heavy atom. The van der Waals surface area contributed by atoms with Gasteiger partial charge < -0.3 is 10.7 Å². The van der Waals surface area contributed by atoms with Gasteiger partial charge in [-0.05, 0) is 37.3 Å². The maximum absolute atomic E-state index is 7.61. The summed E-state index contributed by atoms with van der Waals surface area (Å²) in [5, 5.41) is 8.67. The first kappa shape index (κ1) is 9.39. The lowest BCUT2D eigenvalue weighted by Crippen LogP contribution is -2.12. The van der Waals surface area contributed by atoms with E-state index in [-0.39, 0.29) is 5.84 Å². The van der Waals surface area contributed by atoms with Crippen LogP contribution in [0, 0.1) is 5.41 Å². The van der Waals surface area contributed by atoms with Gasteiger partial charge in [0, 0.05) is 22.8 Å². The number of hydrogen-bond donors (Lipinski definition) is 3. The largest absolute Gasteiger partial charge is 0.384 e. The van der Waals surface area contributed by atoms with Crippen LogP contribution in [0.4, 0.5) is 0 Å². The second-order valence-corrected chi connectivity index (χ2v) is 4.29. The molecule has 4 heteroatoms. The predicted molar refractivity (Wildman–Crippen MR) is 63.8 cm³/mol. The quantitative estimate of drug-likeness (QED) is 0.499. The van der Waals surface area contributed by atoms with E-state index < -0.39 is 0 Å². The number of fused-ring (bicyclic) bond motifs is 3. The first-order valence-electron chi connectivity index (χ1n) is 5.60. The molecule has 0 spiro atoms. The second kappa shape index (κ2) is 3.33. The molecule has 3 rings (SSSR count). The molecule has 0 saturated carbocycles. The van der Waals surface area contributed by atoms with Crippen LogP contribution in [-0.4, -0.2) is 15.8 Å². The Kier molecular flexibility index (Phi) is 1.96. The van der Waals surface area contributed by atoms with Gasteiger partial charge in [0.05, 0.1) is 0 Å². The Bertz CT molecular complexity index is 568. The van der Waals surface area contributed by atoms with E-state index in [2.05, 4.69) is 9.97 Å². The van der Waals surface area contributed by atoms with Crippen LogP contribution in [0.15, 0.2) is 12.3 Å². The van der Waals surface area contributed by atoms with Crippen LogP contribution in [0.3, 0.4) is 0 Å². The topological polar surface area (TPSA) is 78.6 Å². The van der Waals surface area contributed by atoms with Crippen molar-refractivity contribution in [2.75, 3.05) is 0 Å². The number of nitrogens with one attached hydrogen (secondary N) is 2. The van der Waals surface area contributed by atoms with E-state index in [1.807, 2.05) is 6.07 Å². The van der Waals surface area contributed by atoms with Gasteiger partial charge in [-0.2, -0.15) is 0 Å². The van der Waals surface area contributed by atoms with Gasteiger partial charge in [-0.25, -0.2) is 4.98 Å². The number of nitrogen functional groups attached to an aromatic ring is 1. The summed E-state index contributed by atoms with van der Waals surface area (Å²) in [5.74, 6) is 0.125. The molecule has 0 atom stereocenters. The maximum atomic E-state index is 7.61. The highest BCUT2D eigenvalue weighted by atomic mass is 14.9. The molecule has 1 aliphatic carbocycles. The summed E-state index contributed by atoms with van der Waals surface area (Å²) in [7, 11) is 0. The fourth-order valence-corrected chi connectivity index (χ4v) is 2.55. The first-order valence-corrected chi connectivity index (χ1v) is 5.60. The van der Waals surface area contributed by atoms with Crippen LogP contribution in [0.2, 0.25) is 0 Å². The molecule has 0 aliphatic heterocycles. The predicted octanol–water partition coefficient (Wildman–Crippen LogP) is 1.73. The van der Waals surface area contributed by atoms with E-state index in [0.29, 0.717) is 0 Å². The molecule has 0 saturated heterocycles. The Labute approximate surface area is 93.4 Å². The number of nitrogens with zero attached hydrogens (tertiary/aromatic N) is 1. The van der Waals surface area contributed by atoms with Crippen molar-refractivity contribution >= 4 is 16.9 Å². The third-order valence-electron chi connectivity index (χ3n) is 3.28. The van der Waals surface area contributed by atoms with E-state index >= 15 is 0 Å². The number of hydrogen-bond acceptors (Lipinski definition) is 2. The van der Waals surface area contributed by atoms with Gasteiger partial charge in [-0.1, -0.05) is 0 Å². The Hall–Kier alpha value is -1.84. The van der Waals surface area contributed by atoms with Gasteiger partial charge in [0.15, 0.2) is 0 Å².